The molecule has 6 heteroatoms. The zero-order valence-electron chi connectivity index (χ0n) is 11.2. The van der Waals surface area contributed by atoms with E-state index in [1.807, 2.05) is 6.92 Å². The first kappa shape index (κ1) is 17.0. The molecule has 2 N–H and O–H groups in total. The molecule has 1 rings (SSSR count). The summed E-state index contributed by atoms with van der Waals surface area (Å²) in [6, 6.07) is 5.10. The van der Waals surface area contributed by atoms with Crippen molar-refractivity contribution in [1.82, 2.24) is 5.32 Å². The van der Waals surface area contributed by atoms with Crippen LogP contribution in [0.25, 0.3) is 0 Å². The maximum absolute atomic E-state index is 11.9. The van der Waals surface area contributed by atoms with Crippen molar-refractivity contribution < 1.29 is 14.7 Å². The Hall–Kier alpha value is -1.07. The first-order valence-corrected chi connectivity index (χ1v) is 7.52. The van der Waals surface area contributed by atoms with Gasteiger partial charge in [0.1, 0.15) is 0 Å². The number of amides is 1. The molecule has 0 aliphatic heterocycles. The van der Waals surface area contributed by atoms with Gasteiger partial charge in [-0.1, -0.05) is 34.5 Å². The van der Waals surface area contributed by atoms with Crippen LogP contribution in [-0.2, 0) is 4.79 Å². The van der Waals surface area contributed by atoms with Gasteiger partial charge in [-0.05, 0) is 37.0 Å². The minimum absolute atomic E-state index is 0.160. The van der Waals surface area contributed by atoms with Gasteiger partial charge in [0.25, 0.3) is 5.91 Å². The van der Waals surface area contributed by atoms with Crippen molar-refractivity contribution in [2.24, 2.45) is 5.92 Å². The molecule has 1 aromatic rings. The number of aliphatic carboxylic acids is 1. The van der Waals surface area contributed by atoms with E-state index in [2.05, 4.69) is 21.2 Å². The summed E-state index contributed by atoms with van der Waals surface area (Å²) >= 11 is 9.28. The number of carboxylic acids is 1. The Kier molecular flexibility index (Phi) is 7.02. The molecule has 0 saturated carbocycles. The van der Waals surface area contributed by atoms with Crippen LogP contribution in [0.1, 0.15) is 36.5 Å². The van der Waals surface area contributed by atoms with Gasteiger partial charge < -0.3 is 10.4 Å². The van der Waals surface area contributed by atoms with E-state index < -0.39 is 5.97 Å². The van der Waals surface area contributed by atoms with Gasteiger partial charge in [-0.2, -0.15) is 0 Å². The Morgan fingerprint density at radius 2 is 2.10 bits per heavy atom. The predicted molar refractivity (Wildman–Crippen MR) is 82.1 cm³/mol. The molecule has 0 aromatic heterocycles. The Balaban J connectivity index is 2.38. The van der Waals surface area contributed by atoms with E-state index in [-0.39, 0.29) is 18.2 Å². The summed E-state index contributed by atoms with van der Waals surface area (Å²) in [6.45, 7) is 2.48. The van der Waals surface area contributed by atoms with E-state index in [4.69, 9.17) is 16.7 Å². The average molecular weight is 363 g/mol. The number of carboxylic acid groups (broad SMARTS) is 1. The summed E-state index contributed by atoms with van der Waals surface area (Å²) in [5.41, 5.74) is 0.438. The van der Waals surface area contributed by atoms with Gasteiger partial charge in [-0.25, -0.2) is 0 Å². The van der Waals surface area contributed by atoms with Gasteiger partial charge in [-0.15, -0.1) is 0 Å². The highest BCUT2D eigenvalue weighted by Gasteiger charge is 2.11. The second-order valence-corrected chi connectivity index (χ2v) is 6.03. The normalized spacial score (nSPS) is 11.9. The molecule has 0 aliphatic rings. The van der Waals surface area contributed by atoms with Gasteiger partial charge in [0, 0.05) is 17.4 Å². The molecule has 0 bridgehead atoms. The number of carbonyl (C=O) groups is 2. The van der Waals surface area contributed by atoms with Crippen molar-refractivity contribution in [2.75, 3.05) is 6.54 Å². The van der Waals surface area contributed by atoms with Gasteiger partial charge in [-0.3, -0.25) is 9.59 Å². The molecule has 1 amide bonds. The second-order valence-electron chi connectivity index (χ2n) is 4.71. The largest absolute Gasteiger partial charge is 0.481 e. The molecule has 1 unspecified atom stereocenters. The van der Waals surface area contributed by atoms with Crippen LogP contribution in [0, 0.1) is 5.92 Å². The minimum atomic E-state index is -0.789. The molecule has 110 valence electrons. The monoisotopic (exact) mass is 361 g/mol. The van der Waals surface area contributed by atoms with Crippen LogP contribution in [0.15, 0.2) is 22.7 Å². The zero-order chi connectivity index (χ0) is 15.1. The summed E-state index contributed by atoms with van der Waals surface area (Å²) < 4.78 is 0.821. The molecule has 20 heavy (non-hydrogen) atoms. The van der Waals surface area contributed by atoms with Crippen molar-refractivity contribution in [1.29, 1.82) is 0 Å². The summed E-state index contributed by atoms with van der Waals surface area (Å²) in [5, 5.41) is 11.8. The summed E-state index contributed by atoms with van der Waals surface area (Å²) in [4.78, 5) is 22.4. The molecule has 1 aromatic carbocycles. The highest BCUT2D eigenvalue weighted by atomic mass is 79.9. The summed E-state index contributed by atoms with van der Waals surface area (Å²) in [5.74, 6) is -0.748. The summed E-state index contributed by atoms with van der Waals surface area (Å²) in [7, 11) is 0. The zero-order valence-corrected chi connectivity index (χ0v) is 13.5. The molecular formula is C14H17BrClNO3. The van der Waals surface area contributed by atoms with Crippen LogP contribution in [0.3, 0.4) is 0 Å². The second kappa shape index (κ2) is 8.27. The molecule has 4 nitrogen and oxygen atoms in total. The molecule has 1 atom stereocenters. The fourth-order valence-corrected chi connectivity index (χ4v) is 2.47. The van der Waals surface area contributed by atoms with Gasteiger partial charge >= 0.3 is 5.97 Å². The van der Waals surface area contributed by atoms with Crippen molar-refractivity contribution in [3.8, 4) is 0 Å². The number of carbonyl (C=O) groups excluding carboxylic acids is 1. The van der Waals surface area contributed by atoms with Crippen molar-refractivity contribution >= 4 is 39.4 Å². The smallest absolute Gasteiger partial charge is 0.303 e. The fourth-order valence-electron chi connectivity index (χ4n) is 1.72. The van der Waals surface area contributed by atoms with E-state index in [9.17, 15) is 9.59 Å². The van der Waals surface area contributed by atoms with Crippen LogP contribution in [0.5, 0.6) is 0 Å². The van der Waals surface area contributed by atoms with Gasteiger partial charge in [0.15, 0.2) is 0 Å². The topological polar surface area (TPSA) is 66.4 Å². The van der Waals surface area contributed by atoms with Crippen molar-refractivity contribution in [3.05, 3.63) is 33.3 Å². The molecule has 0 radical (unpaired) electrons. The van der Waals surface area contributed by atoms with E-state index in [0.29, 0.717) is 23.6 Å². The lowest BCUT2D eigenvalue weighted by Crippen LogP contribution is -2.26. The molecule has 0 spiro atoms. The highest BCUT2D eigenvalue weighted by Crippen LogP contribution is 2.21. The lowest BCUT2D eigenvalue weighted by molar-refractivity contribution is -0.137. The predicted octanol–water partition coefficient (Wildman–Crippen LogP) is 3.72. The van der Waals surface area contributed by atoms with Crippen molar-refractivity contribution in [3.63, 3.8) is 0 Å². The lowest BCUT2D eigenvalue weighted by atomic mass is 10.0. The standard InChI is InChI=1S/C14H17BrClNO3/c1-9(2-5-13(18)19)6-7-17-14(20)11-4-3-10(15)8-12(11)16/h3-4,8-9H,2,5-7H2,1H3,(H,17,20)(H,18,19). The molecule has 0 saturated heterocycles. The van der Waals surface area contributed by atoms with E-state index in [0.717, 1.165) is 10.9 Å². The average Bonchev–Trinajstić information content (AvgIpc) is 2.36. The van der Waals surface area contributed by atoms with Gasteiger partial charge in [0.2, 0.25) is 0 Å². The third-order valence-corrected chi connectivity index (χ3v) is 3.76. The molecule has 0 aliphatic carbocycles. The van der Waals surface area contributed by atoms with E-state index >= 15 is 0 Å². The number of halogens is 2. The first-order valence-electron chi connectivity index (χ1n) is 6.35. The van der Waals surface area contributed by atoms with Gasteiger partial charge in [0.05, 0.1) is 10.6 Å². The summed E-state index contributed by atoms with van der Waals surface area (Å²) in [6.07, 6.45) is 1.52. The minimum Gasteiger partial charge on any atom is -0.481 e. The molecule has 0 fully saturated rings. The fraction of sp³-hybridized carbons (Fsp3) is 0.429. The Labute approximate surface area is 131 Å². The quantitative estimate of drug-likeness (QED) is 0.777. The maximum Gasteiger partial charge on any atom is 0.303 e. The number of hydrogen-bond acceptors (Lipinski definition) is 2. The highest BCUT2D eigenvalue weighted by molar-refractivity contribution is 9.10. The van der Waals surface area contributed by atoms with E-state index in [1.54, 1.807) is 18.2 Å². The Morgan fingerprint density at radius 3 is 2.70 bits per heavy atom. The number of hydrogen-bond donors (Lipinski definition) is 2. The number of benzene rings is 1. The number of nitrogens with one attached hydrogen (secondary N) is 1. The third-order valence-electron chi connectivity index (χ3n) is 2.95. The number of rotatable bonds is 7. The van der Waals surface area contributed by atoms with Crippen LogP contribution in [0.4, 0.5) is 0 Å². The Morgan fingerprint density at radius 1 is 1.40 bits per heavy atom. The Bertz CT molecular complexity index is 493. The lowest BCUT2D eigenvalue weighted by Gasteiger charge is -2.11. The maximum atomic E-state index is 11.9. The van der Waals surface area contributed by atoms with Crippen LogP contribution < -0.4 is 5.32 Å². The van der Waals surface area contributed by atoms with Crippen LogP contribution in [-0.4, -0.2) is 23.5 Å². The van der Waals surface area contributed by atoms with Crippen LogP contribution >= 0.6 is 27.5 Å². The van der Waals surface area contributed by atoms with E-state index in [1.165, 1.54) is 0 Å². The van der Waals surface area contributed by atoms with Crippen molar-refractivity contribution in [2.45, 2.75) is 26.2 Å². The third kappa shape index (κ3) is 5.92. The SMILES string of the molecule is CC(CCNC(=O)c1ccc(Br)cc1Cl)CCC(=O)O. The first-order chi connectivity index (χ1) is 9.40. The molecular weight excluding hydrogens is 346 g/mol. The van der Waals surface area contributed by atoms with Crippen LogP contribution in [0.2, 0.25) is 5.02 Å². The molecule has 0 heterocycles.